The van der Waals surface area contributed by atoms with E-state index in [0.717, 1.165) is 26.8 Å². The number of para-hydroxylation sites is 1. The van der Waals surface area contributed by atoms with Crippen LogP contribution >= 0.6 is 15.9 Å². The smallest absolute Gasteiger partial charge is 0.137 e. The zero-order valence-electron chi connectivity index (χ0n) is 12.4. The highest BCUT2D eigenvalue weighted by Crippen LogP contribution is 2.34. The zero-order chi connectivity index (χ0) is 15.0. The number of fused-ring (bicyclic) bond motifs is 1. The first-order chi connectivity index (χ1) is 10.1. The van der Waals surface area contributed by atoms with Crippen LogP contribution in [-0.2, 0) is 0 Å². The van der Waals surface area contributed by atoms with E-state index in [4.69, 9.17) is 4.42 Å². The lowest BCUT2D eigenvalue weighted by Crippen LogP contribution is -2.17. The summed E-state index contributed by atoms with van der Waals surface area (Å²) in [6, 6.07) is 14.7. The zero-order valence-corrected chi connectivity index (χ0v) is 14.0. The minimum atomic E-state index is 0.0334. The van der Waals surface area contributed by atoms with Crippen molar-refractivity contribution in [1.82, 2.24) is 5.32 Å². The normalized spacial score (nSPS) is 12.8. The Morgan fingerprint density at radius 3 is 2.48 bits per heavy atom. The van der Waals surface area contributed by atoms with Gasteiger partial charge in [0, 0.05) is 9.86 Å². The van der Waals surface area contributed by atoms with E-state index in [0.29, 0.717) is 0 Å². The van der Waals surface area contributed by atoms with Gasteiger partial charge in [0.05, 0.1) is 6.04 Å². The molecule has 1 N–H and O–H groups in total. The highest BCUT2D eigenvalue weighted by Gasteiger charge is 2.20. The second kappa shape index (κ2) is 5.66. The molecule has 3 rings (SSSR count). The summed E-state index contributed by atoms with van der Waals surface area (Å²) in [4.78, 5) is 0. The van der Waals surface area contributed by atoms with Crippen molar-refractivity contribution in [2.75, 3.05) is 7.05 Å². The third-order valence-corrected chi connectivity index (χ3v) is 4.95. The first kappa shape index (κ1) is 14.4. The Labute approximate surface area is 133 Å². The van der Waals surface area contributed by atoms with Gasteiger partial charge in [-0.1, -0.05) is 52.3 Å². The van der Waals surface area contributed by atoms with Crippen LogP contribution in [-0.4, -0.2) is 7.05 Å². The number of aryl methyl sites for hydroxylation is 2. The van der Waals surface area contributed by atoms with Crippen LogP contribution in [0.4, 0.5) is 0 Å². The molecular formula is C18H18BrNO. The molecule has 1 unspecified atom stereocenters. The summed E-state index contributed by atoms with van der Waals surface area (Å²) in [7, 11) is 1.96. The molecule has 1 aromatic heterocycles. The number of furan rings is 1. The van der Waals surface area contributed by atoms with Gasteiger partial charge in [0.1, 0.15) is 11.3 Å². The maximum absolute atomic E-state index is 6.12. The fraction of sp³-hybridized carbons (Fsp3) is 0.222. The third-order valence-electron chi connectivity index (χ3n) is 3.87. The third kappa shape index (κ3) is 2.52. The van der Waals surface area contributed by atoms with Gasteiger partial charge in [-0.15, -0.1) is 0 Å². The molecular weight excluding hydrogens is 326 g/mol. The molecule has 0 saturated heterocycles. The molecule has 0 aliphatic heterocycles. The second-order valence-corrected chi connectivity index (χ2v) is 6.13. The minimum Gasteiger partial charge on any atom is -0.459 e. The summed E-state index contributed by atoms with van der Waals surface area (Å²) >= 11 is 3.70. The molecule has 1 atom stereocenters. The topological polar surface area (TPSA) is 25.2 Å². The van der Waals surface area contributed by atoms with Crippen LogP contribution in [0.1, 0.15) is 28.5 Å². The summed E-state index contributed by atoms with van der Waals surface area (Å²) in [6.07, 6.45) is 0. The molecule has 1 heterocycles. The van der Waals surface area contributed by atoms with E-state index in [1.54, 1.807) is 0 Å². The predicted molar refractivity (Wildman–Crippen MR) is 90.7 cm³/mol. The first-order valence-corrected chi connectivity index (χ1v) is 7.82. The largest absolute Gasteiger partial charge is 0.459 e. The van der Waals surface area contributed by atoms with Crippen molar-refractivity contribution in [3.05, 3.63) is 69.4 Å². The molecule has 2 nitrogen and oxygen atoms in total. The predicted octanol–water partition coefficient (Wildman–Crippen LogP) is 5.12. The van der Waals surface area contributed by atoms with Crippen LogP contribution in [0.15, 0.2) is 51.4 Å². The van der Waals surface area contributed by atoms with Gasteiger partial charge in [-0.2, -0.15) is 0 Å². The fourth-order valence-corrected chi connectivity index (χ4v) is 3.21. The van der Waals surface area contributed by atoms with Gasteiger partial charge in [-0.3, -0.25) is 0 Å². The summed E-state index contributed by atoms with van der Waals surface area (Å²) < 4.78 is 7.24. The monoisotopic (exact) mass is 343 g/mol. The van der Waals surface area contributed by atoms with Crippen molar-refractivity contribution in [1.29, 1.82) is 0 Å². The van der Waals surface area contributed by atoms with E-state index >= 15 is 0 Å². The molecule has 0 aliphatic rings. The summed E-state index contributed by atoms with van der Waals surface area (Å²) in [5.41, 5.74) is 4.54. The van der Waals surface area contributed by atoms with Gasteiger partial charge in [0.15, 0.2) is 0 Å². The molecule has 2 aromatic carbocycles. The van der Waals surface area contributed by atoms with E-state index < -0.39 is 0 Å². The molecule has 21 heavy (non-hydrogen) atoms. The first-order valence-electron chi connectivity index (χ1n) is 7.03. The van der Waals surface area contributed by atoms with Crippen molar-refractivity contribution in [2.45, 2.75) is 19.9 Å². The quantitative estimate of drug-likeness (QED) is 0.713. The molecule has 0 amide bonds. The fourth-order valence-electron chi connectivity index (χ4n) is 2.72. The Bertz CT molecular complexity index is 791. The molecule has 0 aliphatic carbocycles. The highest BCUT2D eigenvalue weighted by atomic mass is 79.9. The summed E-state index contributed by atoms with van der Waals surface area (Å²) in [5, 5.41) is 4.51. The molecule has 0 fully saturated rings. The van der Waals surface area contributed by atoms with Crippen LogP contribution in [0.3, 0.4) is 0 Å². The van der Waals surface area contributed by atoms with Crippen molar-refractivity contribution in [2.24, 2.45) is 0 Å². The Morgan fingerprint density at radius 1 is 1.05 bits per heavy atom. The average Bonchev–Trinajstić information content (AvgIpc) is 2.89. The SMILES string of the molecule is CNC(c1cc2cccc(C)c2o1)c1cccc(C)c1Br. The lowest BCUT2D eigenvalue weighted by Gasteiger charge is -2.17. The number of rotatable bonds is 3. The molecule has 0 spiro atoms. The van der Waals surface area contributed by atoms with E-state index in [2.05, 4.69) is 77.6 Å². The molecule has 3 heteroatoms. The van der Waals surface area contributed by atoms with Crippen LogP contribution in [0.5, 0.6) is 0 Å². The standard InChI is InChI=1S/C18H18BrNO/c1-11-6-5-9-14(16(11)19)17(20-3)15-10-13-8-4-7-12(2)18(13)21-15/h4-10,17,20H,1-3H3. The Kier molecular flexibility index (Phi) is 3.87. The number of nitrogens with one attached hydrogen (secondary N) is 1. The van der Waals surface area contributed by atoms with Crippen LogP contribution < -0.4 is 5.32 Å². The molecule has 0 saturated carbocycles. The van der Waals surface area contributed by atoms with E-state index in [9.17, 15) is 0 Å². The van der Waals surface area contributed by atoms with Gasteiger partial charge in [-0.05, 0) is 43.7 Å². The maximum Gasteiger partial charge on any atom is 0.137 e. The van der Waals surface area contributed by atoms with E-state index in [1.165, 1.54) is 11.1 Å². The van der Waals surface area contributed by atoms with Gasteiger partial charge in [0.25, 0.3) is 0 Å². The molecule has 0 radical (unpaired) electrons. The van der Waals surface area contributed by atoms with Crippen molar-refractivity contribution in [3.8, 4) is 0 Å². The Morgan fingerprint density at radius 2 is 1.76 bits per heavy atom. The number of benzene rings is 2. The van der Waals surface area contributed by atoms with Crippen LogP contribution in [0.2, 0.25) is 0 Å². The Hall–Kier alpha value is -1.58. The molecule has 108 valence electrons. The molecule has 0 bridgehead atoms. The molecule has 3 aromatic rings. The van der Waals surface area contributed by atoms with Gasteiger partial charge >= 0.3 is 0 Å². The number of hydrogen-bond donors (Lipinski definition) is 1. The second-order valence-electron chi connectivity index (χ2n) is 5.34. The minimum absolute atomic E-state index is 0.0334. The number of halogens is 1. The average molecular weight is 344 g/mol. The summed E-state index contributed by atoms with van der Waals surface area (Å²) in [6.45, 7) is 4.18. The van der Waals surface area contributed by atoms with Crippen molar-refractivity contribution >= 4 is 26.9 Å². The van der Waals surface area contributed by atoms with Crippen LogP contribution in [0, 0.1) is 13.8 Å². The maximum atomic E-state index is 6.12. The van der Waals surface area contributed by atoms with Crippen molar-refractivity contribution in [3.63, 3.8) is 0 Å². The van der Waals surface area contributed by atoms with E-state index in [-0.39, 0.29) is 6.04 Å². The Balaban J connectivity index is 2.14. The lowest BCUT2D eigenvalue weighted by molar-refractivity contribution is 0.489. The van der Waals surface area contributed by atoms with Gasteiger partial charge in [0.2, 0.25) is 0 Å². The number of hydrogen-bond acceptors (Lipinski definition) is 2. The van der Waals surface area contributed by atoms with Crippen LogP contribution in [0.25, 0.3) is 11.0 Å². The lowest BCUT2D eigenvalue weighted by atomic mass is 10.0. The van der Waals surface area contributed by atoms with E-state index in [1.807, 2.05) is 7.05 Å². The highest BCUT2D eigenvalue weighted by molar-refractivity contribution is 9.10. The van der Waals surface area contributed by atoms with Gasteiger partial charge < -0.3 is 9.73 Å². The van der Waals surface area contributed by atoms with Crippen molar-refractivity contribution < 1.29 is 4.42 Å². The summed E-state index contributed by atoms with van der Waals surface area (Å²) in [5.74, 6) is 0.938. The van der Waals surface area contributed by atoms with Gasteiger partial charge in [-0.25, -0.2) is 0 Å².